The number of amides is 2. The van der Waals surface area contributed by atoms with E-state index in [4.69, 9.17) is 4.74 Å². The Hall–Kier alpha value is -2.67. The highest BCUT2D eigenvalue weighted by molar-refractivity contribution is 5.98. The van der Waals surface area contributed by atoms with Crippen molar-refractivity contribution >= 4 is 18.0 Å². The third kappa shape index (κ3) is 3.44. The third-order valence-corrected chi connectivity index (χ3v) is 6.52. The Labute approximate surface area is 169 Å². The van der Waals surface area contributed by atoms with Crippen molar-refractivity contribution in [3.05, 3.63) is 47.5 Å². The zero-order valence-electron chi connectivity index (χ0n) is 16.1. The van der Waals surface area contributed by atoms with Gasteiger partial charge in [-0.1, -0.05) is 48.4 Å². The smallest absolute Gasteiger partial charge is 0.417 e. The fourth-order valence-electron chi connectivity index (χ4n) is 5.23. The topological polar surface area (TPSA) is 104 Å². The van der Waals surface area contributed by atoms with Gasteiger partial charge in [0.15, 0.2) is 0 Å². The van der Waals surface area contributed by atoms with E-state index in [2.05, 4.69) is 0 Å². The van der Waals surface area contributed by atoms with E-state index in [1.807, 2.05) is 24.3 Å². The van der Waals surface area contributed by atoms with Crippen molar-refractivity contribution in [2.24, 2.45) is 23.7 Å². The van der Waals surface area contributed by atoms with Gasteiger partial charge in [0, 0.05) is 5.92 Å². The molecule has 1 saturated carbocycles. The molecule has 0 unspecified atom stereocenters. The Morgan fingerprint density at radius 2 is 1.93 bits per heavy atom. The molecule has 2 aliphatic carbocycles. The van der Waals surface area contributed by atoms with Crippen LogP contribution in [-0.4, -0.2) is 45.7 Å². The molecule has 4 rings (SSSR count). The van der Waals surface area contributed by atoms with Crippen molar-refractivity contribution in [1.29, 1.82) is 0 Å². The lowest BCUT2D eigenvalue weighted by atomic mass is 9.63. The van der Waals surface area contributed by atoms with E-state index in [0.29, 0.717) is 0 Å². The average molecular weight is 399 g/mol. The van der Waals surface area contributed by atoms with Gasteiger partial charge in [0.05, 0.1) is 24.5 Å². The summed E-state index contributed by atoms with van der Waals surface area (Å²) in [5, 5.41) is 19.9. The van der Waals surface area contributed by atoms with E-state index in [9.17, 15) is 24.6 Å². The van der Waals surface area contributed by atoms with Crippen molar-refractivity contribution in [1.82, 2.24) is 4.90 Å². The number of carbonyl (C=O) groups is 3. The summed E-state index contributed by atoms with van der Waals surface area (Å²) in [7, 11) is 0. The number of ether oxygens (including phenoxy) is 1. The minimum atomic E-state index is -1.01. The second-order valence-corrected chi connectivity index (χ2v) is 8.06. The molecule has 7 heteroatoms. The molecular formula is C22H25NO6. The summed E-state index contributed by atoms with van der Waals surface area (Å²) < 4.78 is 5.32. The highest BCUT2D eigenvalue weighted by Crippen LogP contribution is 2.50. The maximum Gasteiger partial charge on any atom is 0.417 e. The monoisotopic (exact) mass is 399 g/mol. The van der Waals surface area contributed by atoms with Gasteiger partial charge < -0.3 is 14.9 Å². The van der Waals surface area contributed by atoms with E-state index < -0.39 is 48.4 Å². The van der Waals surface area contributed by atoms with Crippen molar-refractivity contribution in [2.45, 2.75) is 38.3 Å². The molecule has 1 saturated heterocycles. The molecule has 2 N–H and O–H groups in total. The molecule has 3 aliphatic rings. The summed E-state index contributed by atoms with van der Waals surface area (Å²) in [5.74, 6) is -3.95. The number of carbonyl (C=O) groups excluding carboxylic acids is 2. The van der Waals surface area contributed by atoms with E-state index in [1.54, 1.807) is 12.1 Å². The van der Waals surface area contributed by atoms with Gasteiger partial charge in [-0.05, 0) is 30.7 Å². The number of hydrogen-bond donors (Lipinski definition) is 2. The molecule has 1 aromatic rings. The number of allylic oxidation sites excluding steroid dienone is 1. The van der Waals surface area contributed by atoms with E-state index in [1.165, 1.54) is 0 Å². The van der Waals surface area contributed by atoms with Gasteiger partial charge in [0.1, 0.15) is 6.61 Å². The summed E-state index contributed by atoms with van der Waals surface area (Å²) in [6.45, 7) is -0.420. The predicted octanol–water partition coefficient (Wildman–Crippen LogP) is 2.59. The Morgan fingerprint density at radius 3 is 2.62 bits per heavy atom. The van der Waals surface area contributed by atoms with Gasteiger partial charge in [-0.2, -0.15) is 0 Å². The number of imide groups is 1. The fourth-order valence-corrected chi connectivity index (χ4v) is 5.23. The zero-order valence-corrected chi connectivity index (χ0v) is 16.1. The molecule has 7 nitrogen and oxygen atoms in total. The lowest BCUT2D eigenvalue weighted by Crippen LogP contribution is -2.43. The first-order chi connectivity index (χ1) is 14.0. The Kier molecular flexibility index (Phi) is 5.41. The molecule has 0 spiro atoms. The lowest BCUT2D eigenvalue weighted by molar-refractivity contribution is -0.150. The number of nitrogens with zero attached hydrogens (tertiary/aromatic N) is 1. The quantitative estimate of drug-likeness (QED) is 0.754. The molecule has 154 valence electrons. The highest BCUT2D eigenvalue weighted by atomic mass is 16.6. The molecular weight excluding hydrogens is 374 g/mol. The summed E-state index contributed by atoms with van der Waals surface area (Å²) >= 11 is 0. The number of aliphatic hydroxyl groups is 1. The molecule has 29 heavy (non-hydrogen) atoms. The van der Waals surface area contributed by atoms with Gasteiger partial charge in [0.25, 0.3) is 0 Å². The van der Waals surface area contributed by atoms with Crippen LogP contribution in [0, 0.1) is 23.7 Å². The van der Waals surface area contributed by atoms with Gasteiger partial charge in [0.2, 0.25) is 5.91 Å². The van der Waals surface area contributed by atoms with Crippen LogP contribution in [0.15, 0.2) is 42.0 Å². The molecule has 5 atom stereocenters. The second-order valence-electron chi connectivity index (χ2n) is 8.06. The summed E-state index contributed by atoms with van der Waals surface area (Å²) in [6, 6.07) is 8.30. The average Bonchev–Trinajstić information content (AvgIpc) is 3.02. The first-order valence-electron chi connectivity index (χ1n) is 10.1. The number of hydrogen-bond acceptors (Lipinski definition) is 5. The standard InChI is InChI=1S/C22H25NO6/c24-11-17-16-10-14-8-4-5-9-15(14)19(21(26)27)18(16)20(25)23(17)22(28)29-12-13-6-2-1-3-7-13/h1-3,6-7,10,15-19,24H,4-5,8-9,11-12H2,(H,26,27)/t15-,16+,17+,18-,19+/m0/s1. The Balaban J connectivity index is 1.60. The SMILES string of the molecule is O=C(O)[C@H]1[C@H]2C(=O)N(C(=O)OCc3ccccc3)[C@H](CO)[C@H]2C=C2CCCC[C@@H]21. The van der Waals surface area contributed by atoms with E-state index in [-0.39, 0.29) is 12.5 Å². The van der Waals surface area contributed by atoms with E-state index in [0.717, 1.165) is 41.7 Å². The van der Waals surface area contributed by atoms with Crippen LogP contribution in [0.3, 0.4) is 0 Å². The lowest BCUT2D eigenvalue weighted by Gasteiger charge is -2.39. The van der Waals surface area contributed by atoms with E-state index >= 15 is 0 Å². The Bertz CT molecular complexity index is 835. The van der Waals surface area contributed by atoms with Crippen LogP contribution in [0.4, 0.5) is 4.79 Å². The van der Waals surface area contributed by atoms with Crippen LogP contribution in [0.2, 0.25) is 0 Å². The minimum Gasteiger partial charge on any atom is -0.481 e. The van der Waals surface area contributed by atoms with Crippen LogP contribution in [-0.2, 0) is 20.9 Å². The highest BCUT2D eigenvalue weighted by Gasteiger charge is 2.58. The maximum absolute atomic E-state index is 13.2. The largest absolute Gasteiger partial charge is 0.481 e. The Morgan fingerprint density at radius 1 is 1.17 bits per heavy atom. The van der Waals surface area contributed by atoms with Crippen LogP contribution < -0.4 is 0 Å². The molecule has 0 aromatic heterocycles. The number of benzene rings is 1. The van der Waals surface area contributed by atoms with Gasteiger partial charge in [-0.25, -0.2) is 9.69 Å². The van der Waals surface area contributed by atoms with Crippen LogP contribution in [0.5, 0.6) is 0 Å². The summed E-state index contributed by atoms with van der Waals surface area (Å²) in [6.07, 6.45) is 4.59. The predicted molar refractivity (Wildman–Crippen MR) is 102 cm³/mol. The van der Waals surface area contributed by atoms with Gasteiger partial charge in [-0.3, -0.25) is 9.59 Å². The van der Waals surface area contributed by atoms with Crippen molar-refractivity contribution in [3.63, 3.8) is 0 Å². The fraction of sp³-hybridized carbons (Fsp3) is 0.500. The van der Waals surface area contributed by atoms with Crippen LogP contribution >= 0.6 is 0 Å². The number of aliphatic carboxylic acids is 1. The number of carboxylic acid groups (broad SMARTS) is 1. The maximum atomic E-state index is 13.2. The number of fused-ring (bicyclic) bond motifs is 2. The van der Waals surface area contributed by atoms with Crippen LogP contribution in [0.1, 0.15) is 31.2 Å². The summed E-state index contributed by atoms with van der Waals surface area (Å²) in [5.41, 5.74) is 1.83. The first kappa shape index (κ1) is 19.6. The third-order valence-electron chi connectivity index (χ3n) is 6.52. The summed E-state index contributed by atoms with van der Waals surface area (Å²) in [4.78, 5) is 39.0. The first-order valence-corrected chi connectivity index (χ1v) is 10.1. The zero-order chi connectivity index (χ0) is 20.5. The molecule has 2 amide bonds. The van der Waals surface area contributed by atoms with Crippen LogP contribution in [0.25, 0.3) is 0 Å². The normalized spacial score (nSPS) is 30.9. The minimum absolute atomic E-state index is 0.00298. The van der Waals surface area contributed by atoms with Gasteiger partial charge in [-0.15, -0.1) is 0 Å². The number of carboxylic acids is 1. The second kappa shape index (κ2) is 7.99. The molecule has 0 radical (unpaired) electrons. The molecule has 1 aromatic carbocycles. The number of rotatable bonds is 4. The molecule has 0 bridgehead atoms. The number of aliphatic hydroxyl groups excluding tert-OH is 1. The molecule has 1 aliphatic heterocycles. The molecule has 2 fully saturated rings. The van der Waals surface area contributed by atoms with Crippen molar-refractivity contribution < 1.29 is 29.3 Å². The van der Waals surface area contributed by atoms with Crippen molar-refractivity contribution in [3.8, 4) is 0 Å². The number of likely N-dealkylation sites (tertiary alicyclic amines) is 1. The van der Waals surface area contributed by atoms with Crippen molar-refractivity contribution in [2.75, 3.05) is 6.61 Å². The van der Waals surface area contributed by atoms with Gasteiger partial charge >= 0.3 is 12.1 Å². The molecule has 1 heterocycles.